The summed E-state index contributed by atoms with van der Waals surface area (Å²) in [6.07, 6.45) is 6.43. The summed E-state index contributed by atoms with van der Waals surface area (Å²) < 4.78 is 5.18. The van der Waals surface area contributed by atoms with Gasteiger partial charge in [0.05, 0.1) is 7.11 Å². The molecule has 1 fully saturated rings. The zero-order chi connectivity index (χ0) is 15.4. The highest BCUT2D eigenvalue weighted by Gasteiger charge is 2.26. The number of benzene rings is 1. The Labute approximate surface area is 132 Å². The van der Waals surface area contributed by atoms with Crippen molar-refractivity contribution in [3.8, 4) is 5.75 Å². The number of aromatic nitrogens is 2. The maximum atomic E-state index is 5.18. The van der Waals surface area contributed by atoms with Crippen LogP contribution < -0.4 is 10.1 Å². The number of methoxy groups -OCH3 is 1. The fraction of sp³-hybridized carbons (Fsp3) is 0.444. The lowest BCUT2D eigenvalue weighted by Gasteiger charge is -2.15. The van der Waals surface area contributed by atoms with Crippen molar-refractivity contribution in [3.63, 3.8) is 0 Å². The first kappa shape index (κ1) is 14.8. The van der Waals surface area contributed by atoms with Crippen molar-refractivity contribution < 1.29 is 4.74 Å². The Hall–Kier alpha value is -2.10. The predicted octanol–water partition coefficient (Wildman–Crippen LogP) is 3.80. The number of nitrogens with zero attached hydrogens (tertiary/aromatic N) is 2. The van der Waals surface area contributed by atoms with E-state index in [1.165, 1.54) is 18.4 Å². The van der Waals surface area contributed by atoms with E-state index in [4.69, 9.17) is 4.74 Å². The van der Waals surface area contributed by atoms with E-state index in [0.29, 0.717) is 12.0 Å². The van der Waals surface area contributed by atoms with Crippen LogP contribution in [-0.2, 0) is 6.42 Å². The van der Waals surface area contributed by atoms with Crippen molar-refractivity contribution in [2.45, 2.75) is 44.6 Å². The molecule has 0 bridgehead atoms. The summed E-state index contributed by atoms with van der Waals surface area (Å²) in [5.74, 6) is 3.44. The molecule has 116 valence electrons. The van der Waals surface area contributed by atoms with Crippen molar-refractivity contribution >= 4 is 5.82 Å². The predicted molar refractivity (Wildman–Crippen MR) is 88.4 cm³/mol. The topological polar surface area (TPSA) is 47.0 Å². The highest BCUT2D eigenvalue weighted by molar-refractivity contribution is 5.35. The molecule has 0 aliphatic heterocycles. The van der Waals surface area contributed by atoms with Gasteiger partial charge in [0.15, 0.2) is 0 Å². The number of ether oxygens (including phenoxy) is 1. The summed E-state index contributed by atoms with van der Waals surface area (Å²) in [6.45, 7) is 2.20. The van der Waals surface area contributed by atoms with Gasteiger partial charge in [0.25, 0.3) is 0 Å². The molecule has 1 aliphatic carbocycles. The van der Waals surface area contributed by atoms with Gasteiger partial charge in [0, 0.05) is 18.2 Å². The van der Waals surface area contributed by atoms with Crippen molar-refractivity contribution in [2.24, 2.45) is 0 Å². The first-order valence-electron chi connectivity index (χ1n) is 7.97. The average Bonchev–Trinajstić information content (AvgIpc) is 3.39. The molecule has 22 heavy (non-hydrogen) atoms. The smallest absolute Gasteiger partial charge is 0.133 e. The van der Waals surface area contributed by atoms with Gasteiger partial charge in [0.1, 0.15) is 17.4 Å². The zero-order valence-corrected chi connectivity index (χ0v) is 13.2. The lowest BCUT2D eigenvalue weighted by atomic mass is 10.1. The minimum atomic E-state index is 0.379. The molecule has 0 saturated heterocycles. The molecule has 0 radical (unpaired) electrons. The molecule has 0 spiro atoms. The monoisotopic (exact) mass is 297 g/mol. The van der Waals surface area contributed by atoms with Crippen molar-refractivity contribution in [3.05, 3.63) is 47.9 Å². The third kappa shape index (κ3) is 3.97. The van der Waals surface area contributed by atoms with Crippen LogP contribution in [0, 0.1) is 0 Å². The van der Waals surface area contributed by atoms with Crippen LogP contribution in [-0.4, -0.2) is 23.1 Å². The van der Waals surface area contributed by atoms with Crippen LogP contribution in [0.3, 0.4) is 0 Å². The molecule has 4 heteroatoms. The number of hydrogen-bond acceptors (Lipinski definition) is 4. The Bertz CT molecular complexity index is 608. The Balaban J connectivity index is 1.51. The van der Waals surface area contributed by atoms with E-state index in [0.717, 1.165) is 30.2 Å². The minimum absolute atomic E-state index is 0.379. The number of nitrogens with one attached hydrogen (secondary N) is 1. The van der Waals surface area contributed by atoms with Crippen LogP contribution in [0.25, 0.3) is 0 Å². The molecule has 0 amide bonds. The first-order chi connectivity index (χ1) is 10.7. The lowest BCUT2D eigenvalue weighted by molar-refractivity contribution is 0.414. The van der Waals surface area contributed by atoms with Crippen LogP contribution in [0.5, 0.6) is 5.75 Å². The molecule has 1 N–H and O–H groups in total. The molecule has 1 aromatic heterocycles. The molecular weight excluding hydrogens is 274 g/mol. The van der Waals surface area contributed by atoms with Gasteiger partial charge in [-0.05, 0) is 56.4 Å². The van der Waals surface area contributed by atoms with Crippen LogP contribution in [0.4, 0.5) is 5.82 Å². The zero-order valence-electron chi connectivity index (χ0n) is 13.2. The number of hydrogen-bond donors (Lipinski definition) is 1. The van der Waals surface area contributed by atoms with Crippen LogP contribution in [0.15, 0.2) is 36.5 Å². The highest BCUT2D eigenvalue weighted by Crippen LogP contribution is 2.38. The molecular formula is C18H23N3O. The van der Waals surface area contributed by atoms with E-state index in [9.17, 15) is 0 Å². The van der Waals surface area contributed by atoms with E-state index in [-0.39, 0.29) is 0 Å². The number of anilines is 1. The maximum absolute atomic E-state index is 5.18. The van der Waals surface area contributed by atoms with E-state index in [2.05, 4.69) is 34.3 Å². The highest BCUT2D eigenvalue weighted by atomic mass is 16.5. The molecule has 2 aromatic rings. The normalized spacial score (nSPS) is 15.4. The molecule has 4 nitrogen and oxygen atoms in total. The van der Waals surface area contributed by atoms with Crippen LogP contribution in [0.1, 0.15) is 43.5 Å². The largest absolute Gasteiger partial charge is 0.497 e. The van der Waals surface area contributed by atoms with E-state index >= 15 is 0 Å². The second-order valence-electron chi connectivity index (χ2n) is 6.01. The first-order valence-corrected chi connectivity index (χ1v) is 7.97. The summed E-state index contributed by atoms with van der Waals surface area (Å²) in [5.41, 5.74) is 1.33. The van der Waals surface area contributed by atoms with Gasteiger partial charge in [-0.3, -0.25) is 0 Å². The fourth-order valence-corrected chi connectivity index (χ4v) is 2.49. The van der Waals surface area contributed by atoms with Crippen LogP contribution >= 0.6 is 0 Å². The molecule has 1 heterocycles. The summed E-state index contributed by atoms with van der Waals surface area (Å²) in [6, 6.07) is 10.6. The van der Waals surface area contributed by atoms with Gasteiger partial charge in [-0.15, -0.1) is 0 Å². The van der Waals surface area contributed by atoms with E-state index in [1.807, 2.05) is 24.4 Å². The molecule has 1 saturated carbocycles. The Morgan fingerprint density at radius 1 is 1.23 bits per heavy atom. The third-order valence-corrected chi connectivity index (χ3v) is 4.04. The number of aryl methyl sites for hydroxylation is 1. The van der Waals surface area contributed by atoms with Gasteiger partial charge in [-0.2, -0.15) is 0 Å². The molecule has 1 aliphatic rings. The summed E-state index contributed by atoms with van der Waals surface area (Å²) in [7, 11) is 1.69. The summed E-state index contributed by atoms with van der Waals surface area (Å²) in [5, 5.41) is 3.48. The second-order valence-corrected chi connectivity index (χ2v) is 6.01. The van der Waals surface area contributed by atoms with Gasteiger partial charge in [-0.25, -0.2) is 9.97 Å². The van der Waals surface area contributed by atoms with Crippen LogP contribution in [0.2, 0.25) is 0 Å². The Morgan fingerprint density at radius 2 is 2.00 bits per heavy atom. The van der Waals surface area contributed by atoms with E-state index in [1.54, 1.807) is 7.11 Å². The van der Waals surface area contributed by atoms with Crippen molar-refractivity contribution in [1.82, 2.24) is 9.97 Å². The molecule has 1 atom stereocenters. The SMILES string of the molecule is COc1ccc(CCC(C)Nc2ccnc(C3CC3)n2)cc1. The van der Waals surface area contributed by atoms with Gasteiger partial charge in [0.2, 0.25) is 0 Å². The van der Waals surface area contributed by atoms with Gasteiger partial charge < -0.3 is 10.1 Å². The maximum Gasteiger partial charge on any atom is 0.133 e. The number of rotatable bonds is 7. The minimum Gasteiger partial charge on any atom is -0.497 e. The quantitative estimate of drug-likeness (QED) is 0.844. The average molecular weight is 297 g/mol. The van der Waals surface area contributed by atoms with Gasteiger partial charge in [-0.1, -0.05) is 12.1 Å². The van der Waals surface area contributed by atoms with Gasteiger partial charge >= 0.3 is 0 Å². The second kappa shape index (κ2) is 6.77. The third-order valence-electron chi connectivity index (χ3n) is 4.04. The lowest BCUT2D eigenvalue weighted by Crippen LogP contribution is -2.17. The standard InChI is InChI=1S/C18H23N3O/c1-13(3-4-14-5-9-16(22-2)10-6-14)20-17-11-12-19-18(21-17)15-7-8-15/h5-6,9-13,15H,3-4,7-8H2,1-2H3,(H,19,20,21). The Morgan fingerprint density at radius 3 is 2.68 bits per heavy atom. The van der Waals surface area contributed by atoms with Crippen molar-refractivity contribution in [1.29, 1.82) is 0 Å². The molecule has 3 rings (SSSR count). The Kier molecular flexibility index (Phi) is 4.56. The molecule has 1 unspecified atom stereocenters. The molecule has 1 aromatic carbocycles. The fourth-order valence-electron chi connectivity index (χ4n) is 2.49. The van der Waals surface area contributed by atoms with E-state index < -0.39 is 0 Å². The van der Waals surface area contributed by atoms with Crippen molar-refractivity contribution in [2.75, 3.05) is 12.4 Å². The summed E-state index contributed by atoms with van der Waals surface area (Å²) in [4.78, 5) is 8.97. The summed E-state index contributed by atoms with van der Waals surface area (Å²) >= 11 is 0.